The van der Waals surface area contributed by atoms with Crippen molar-refractivity contribution in [2.24, 2.45) is 7.05 Å². The zero-order valence-corrected chi connectivity index (χ0v) is 13.4. The number of carbonyl (C=O) groups excluding carboxylic acids is 1. The SMILES string of the molecule is Cn1cc(C(=O)N2CCCC[C@@H]2CCN2CCOCC2)cn1. The third-order valence-corrected chi connectivity index (χ3v) is 4.72. The minimum atomic E-state index is 0.139. The Balaban J connectivity index is 1.59. The number of ether oxygens (including phenoxy) is 1. The predicted molar refractivity (Wildman–Crippen MR) is 83.8 cm³/mol. The van der Waals surface area contributed by atoms with E-state index in [4.69, 9.17) is 4.74 Å². The van der Waals surface area contributed by atoms with Gasteiger partial charge in [-0.1, -0.05) is 0 Å². The smallest absolute Gasteiger partial charge is 0.257 e. The Morgan fingerprint density at radius 2 is 2.14 bits per heavy atom. The lowest BCUT2D eigenvalue weighted by Crippen LogP contribution is -2.46. The number of aromatic nitrogens is 2. The van der Waals surface area contributed by atoms with Crippen molar-refractivity contribution < 1.29 is 9.53 Å². The van der Waals surface area contributed by atoms with Crippen LogP contribution < -0.4 is 0 Å². The highest BCUT2D eigenvalue weighted by atomic mass is 16.5. The summed E-state index contributed by atoms with van der Waals surface area (Å²) in [6, 6.07) is 0.365. The Kier molecular flexibility index (Phi) is 5.10. The number of nitrogens with zero attached hydrogens (tertiary/aromatic N) is 4. The third-order valence-electron chi connectivity index (χ3n) is 4.72. The molecule has 6 heteroatoms. The molecule has 2 aliphatic rings. The van der Waals surface area contributed by atoms with E-state index < -0.39 is 0 Å². The maximum atomic E-state index is 12.7. The van der Waals surface area contributed by atoms with Crippen molar-refractivity contribution in [2.75, 3.05) is 39.4 Å². The first-order valence-corrected chi connectivity index (χ1v) is 8.34. The summed E-state index contributed by atoms with van der Waals surface area (Å²) in [5.74, 6) is 0.139. The predicted octanol–water partition coefficient (Wildman–Crippen LogP) is 1.14. The molecule has 1 atom stereocenters. The fourth-order valence-electron chi connectivity index (χ4n) is 3.42. The molecule has 6 nitrogen and oxygen atoms in total. The minimum absolute atomic E-state index is 0.139. The van der Waals surface area contributed by atoms with E-state index >= 15 is 0 Å². The summed E-state index contributed by atoms with van der Waals surface area (Å²) in [5, 5.41) is 4.12. The third kappa shape index (κ3) is 3.67. The van der Waals surface area contributed by atoms with E-state index in [2.05, 4.69) is 14.9 Å². The van der Waals surface area contributed by atoms with Crippen molar-refractivity contribution in [1.82, 2.24) is 19.6 Å². The van der Waals surface area contributed by atoms with Crippen LogP contribution >= 0.6 is 0 Å². The van der Waals surface area contributed by atoms with Gasteiger partial charge in [-0.15, -0.1) is 0 Å². The number of hydrogen-bond acceptors (Lipinski definition) is 4. The second-order valence-corrected chi connectivity index (χ2v) is 6.29. The molecular weight excluding hydrogens is 280 g/mol. The molecule has 0 radical (unpaired) electrons. The van der Waals surface area contributed by atoms with Crippen molar-refractivity contribution in [3.63, 3.8) is 0 Å². The van der Waals surface area contributed by atoms with Gasteiger partial charge in [0.05, 0.1) is 25.0 Å². The van der Waals surface area contributed by atoms with Gasteiger partial charge in [0.25, 0.3) is 5.91 Å². The van der Waals surface area contributed by atoms with E-state index in [1.807, 2.05) is 13.2 Å². The average Bonchev–Trinajstić information content (AvgIpc) is 3.00. The molecule has 0 aromatic carbocycles. The molecule has 2 saturated heterocycles. The Bertz CT molecular complexity index is 496. The standard InChI is InChI=1S/C16H26N4O2/c1-18-13-14(12-17-18)16(21)20-6-3-2-4-15(20)5-7-19-8-10-22-11-9-19/h12-13,15H,2-11H2,1H3/t15-/m1/s1. The molecule has 0 aliphatic carbocycles. The first kappa shape index (κ1) is 15.5. The number of piperidine rings is 1. The molecule has 0 N–H and O–H groups in total. The lowest BCUT2D eigenvalue weighted by Gasteiger charge is -2.37. The maximum absolute atomic E-state index is 12.7. The molecule has 22 heavy (non-hydrogen) atoms. The van der Waals surface area contributed by atoms with Crippen molar-refractivity contribution in [3.05, 3.63) is 18.0 Å². The van der Waals surface area contributed by atoms with Crippen LogP contribution in [-0.4, -0.2) is 70.9 Å². The van der Waals surface area contributed by atoms with Crippen LogP contribution in [0.3, 0.4) is 0 Å². The van der Waals surface area contributed by atoms with Crippen LogP contribution in [0, 0.1) is 0 Å². The monoisotopic (exact) mass is 306 g/mol. The summed E-state index contributed by atoms with van der Waals surface area (Å²) in [5.41, 5.74) is 0.709. The first-order chi connectivity index (χ1) is 10.7. The van der Waals surface area contributed by atoms with Crippen LogP contribution in [0.1, 0.15) is 36.0 Å². The number of amides is 1. The molecule has 0 saturated carbocycles. The second kappa shape index (κ2) is 7.24. The summed E-state index contributed by atoms with van der Waals surface area (Å²) in [7, 11) is 1.85. The van der Waals surface area contributed by atoms with Gasteiger partial charge in [0.15, 0.2) is 0 Å². The summed E-state index contributed by atoms with van der Waals surface area (Å²) < 4.78 is 7.09. The fraction of sp³-hybridized carbons (Fsp3) is 0.750. The molecule has 2 aliphatic heterocycles. The van der Waals surface area contributed by atoms with Gasteiger partial charge in [-0.05, 0) is 25.7 Å². The lowest BCUT2D eigenvalue weighted by molar-refractivity contribution is 0.0295. The van der Waals surface area contributed by atoms with Crippen molar-refractivity contribution >= 4 is 5.91 Å². The van der Waals surface area contributed by atoms with Crippen LogP contribution in [0.5, 0.6) is 0 Å². The number of aryl methyl sites for hydroxylation is 1. The molecule has 2 fully saturated rings. The fourth-order valence-corrected chi connectivity index (χ4v) is 3.42. The van der Waals surface area contributed by atoms with E-state index in [1.54, 1.807) is 10.9 Å². The molecule has 0 bridgehead atoms. The van der Waals surface area contributed by atoms with Crippen LogP contribution in [-0.2, 0) is 11.8 Å². The van der Waals surface area contributed by atoms with Crippen molar-refractivity contribution in [1.29, 1.82) is 0 Å². The average molecular weight is 306 g/mol. The molecule has 1 amide bonds. The topological polar surface area (TPSA) is 50.6 Å². The van der Waals surface area contributed by atoms with Gasteiger partial charge in [0.2, 0.25) is 0 Å². The summed E-state index contributed by atoms with van der Waals surface area (Å²) >= 11 is 0. The van der Waals surface area contributed by atoms with Gasteiger partial charge in [-0.25, -0.2) is 0 Å². The highest BCUT2D eigenvalue weighted by Crippen LogP contribution is 2.22. The van der Waals surface area contributed by atoms with Gasteiger partial charge in [0.1, 0.15) is 0 Å². The van der Waals surface area contributed by atoms with Crippen LogP contribution in [0.15, 0.2) is 12.4 Å². The van der Waals surface area contributed by atoms with Crippen LogP contribution in [0.4, 0.5) is 0 Å². The summed E-state index contributed by atoms with van der Waals surface area (Å²) in [6.07, 6.45) is 8.01. The van der Waals surface area contributed by atoms with Crippen molar-refractivity contribution in [2.45, 2.75) is 31.7 Å². The molecule has 3 heterocycles. The Morgan fingerprint density at radius 1 is 1.32 bits per heavy atom. The number of carbonyl (C=O) groups is 1. The Labute approximate surface area is 132 Å². The molecule has 1 aromatic rings. The minimum Gasteiger partial charge on any atom is -0.379 e. The van der Waals surface area contributed by atoms with E-state index in [1.165, 1.54) is 6.42 Å². The number of likely N-dealkylation sites (tertiary alicyclic amines) is 1. The Morgan fingerprint density at radius 3 is 2.86 bits per heavy atom. The summed E-state index contributed by atoms with van der Waals surface area (Å²) in [6.45, 7) is 5.64. The zero-order chi connectivity index (χ0) is 15.4. The normalized spacial score (nSPS) is 23.7. The zero-order valence-electron chi connectivity index (χ0n) is 13.4. The van der Waals surface area contributed by atoms with Gasteiger partial charge < -0.3 is 9.64 Å². The largest absolute Gasteiger partial charge is 0.379 e. The van der Waals surface area contributed by atoms with E-state index in [0.717, 1.165) is 58.7 Å². The molecule has 1 aromatic heterocycles. The van der Waals surface area contributed by atoms with E-state index in [9.17, 15) is 4.79 Å². The second-order valence-electron chi connectivity index (χ2n) is 6.29. The molecule has 3 rings (SSSR count). The van der Waals surface area contributed by atoms with Crippen LogP contribution in [0.2, 0.25) is 0 Å². The van der Waals surface area contributed by atoms with Gasteiger partial charge in [-0.3, -0.25) is 14.4 Å². The van der Waals surface area contributed by atoms with Crippen molar-refractivity contribution in [3.8, 4) is 0 Å². The van der Waals surface area contributed by atoms with E-state index in [-0.39, 0.29) is 5.91 Å². The molecule has 122 valence electrons. The number of morpholine rings is 1. The van der Waals surface area contributed by atoms with E-state index in [0.29, 0.717) is 11.6 Å². The molecule has 0 spiro atoms. The van der Waals surface area contributed by atoms with Crippen LogP contribution in [0.25, 0.3) is 0 Å². The highest BCUT2D eigenvalue weighted by Gasteiger charge is 2.28. The number of hydrogen-bond donors (Lipinski definition) is 0. The number of rotatable bonds is 4. The molecular formula is C16H26N4O2. The van der Waals surface area contributed by atoms with Gasteiger partial charge in [-0.2, -0.15) is 5.10 Å². The summed E-state index contributed by atoms with van der Waals surface area (Å²) in [4.78, 5) is 17.2. The lowest BCUT2D eigenvalue weighted by atomic mass is 9.98. The Hall–Kier alpha value is -1.40. The maximum Gasteiger partial charge on any atom is 0.257 e. The van der Waals surface area contributed by atoms with Gasteiger partial charge >= 0.3 is 0 Å². The molecule has 0 unspecified atom stereocenters. The first-order valence-electron chi connectivity index (χ1n) is 8.34. The quantitative estimate of drug-likeness (QED) is 0.837. The van der Waals surface area contributed by atoms with Gasteiger partial charge in [0, 0.05) is 45.5 Å². The highest BCUT2D eigenvalue weighted by molar-refractivity contribution is 5.94.